The fourth-order valence-electron chi connectivity index (χ4n) is 0.878. The molecule has 0 radical (unpaired) electrons. The van der Waals surface area contributed by atoms with E-state index in [0.717, 1.165) is 6.92 Å². The van der Waals surface area contributed by atoms with Gasteiger partial charge in [-0.1, -0.05) is 0 Å². The molecule has 1 atom stereocenters. The third-order valence-corrected chi connectivity index (χ3v) is 1.42. The first-order valence-electron chi connectivity index (χ1n) is 4.47. The van der Waals surface area contributed by atoms with Gasteiger partial charge in [0, 0.05) is 13.5 Å². The fraction of sp³-hybridized carbons (Fsp3) is 1.00. The molecule has 0 aliphatic rings. The van der Waals surface area contributed by atoms with Crippen LogP contribution >= 0.6 is 0 Å². The van der Waals surface area contributed by atoms with Crippen LogP contribution < -0.4 is 0 Å². The summed E-state index contributed by atoms with van der Waals surface area (Å²) in [6.07, 6.45) is -8.75. The summed E-state index contributed by atoms with van der Waals surface area (Å²) in [7, 11) is 0. The molecule has 0 aromatic heterocycles. The van der Waals surface area contributed by atoms with Crippen LogP contribution in [-0.4, -0.2) is 38.4 Å². The van der Waals surface area contributed by atoms with Gasteiger partial charge in [-0.05, 0) is 6.92 Å². The molecule has 16 heavy (non-hydrogen) atoms. The molecule has 0 N–H and O–H groups in total. The lowest BCUT2D eigenvalue weighted by molar-refractivity contribution is -0.463. The van der Waals surface area contributed by atoms with Crippen molar-refractivity contribution in [1.29, 1.82) is 0 Å². The predicted octanol–water partition coefficient (Wildman–Crippen LogP) is 2.56. The van der Waals surface area contributed by atoms with Gasteiger partial charge in [0.05, 0.1) is 6.61 Å². The smallest absolute Gasteiger partial charge is 0.328 e. The van der Waals surface area contributed by atoms with Crippen molar-refractivity contribution < 1.29 is 36.2 Å². The summed E-state index contributed by atoms with van der Waals surface area (Å²) >= 11 is 0. The maximum Gasteiger partial charge on any atom is 0.420 e. The molecule has 0 fully saturated rings. The van der Waals surface area contributed by atoms with Gasteiger partial charge < -0.3 is 9.47 Å². The summed E-state index contributed by atoms with van der Waals surface area (Å²) in [5.41, 5.74) is 0. The Morgan fingerprint density at radius 1 is 1.19 bits per heavy atom. The molecule has 0 saturated carbocycles. The molecular formula is C8H13F5O3. The standard InChI is InChI=1S/C8H13F5O3/c1-3-14-7(2,15-5-4-9)16-8(12,13)6(10)11/h6H,3-5H2,1-2H3. The van der Waals surface area contributed by atoms with Gasteiger partial charge in [0.15, 0.2) is 0 Å². The van der Waals surface area contributed by atoms with Crippen LogP contribution in [0.3, 0.4) is 0 Å². The lowest BCUT2D eigenvalue weighted by Gasteiger charge is -2.32. The van der Waals surface area contributed by atoms with Gasteiger partial charge in [0.1, 0.15) is 6.67 Å². The molecule has 0 saturated heterocycles. The molecule has 8 heteroatoms. The predicted molar refractivity (Wildman–Crippen MR) is 44.0 cm³/mol. The number of halogens is 5. The Morgan fingerprint density at radius 3 is 2.12 bits per heavy atom. The largest absolute Gasteiger partial charge is 0.420 e. The highest BCUT2D eigenvalue weighted by Crippen LogP contribution is 2.31. The van der Waals surface area contributed by atoms with E-state index >= 15 is 0 Å². The second kappa shape index (κ2) is 6.31. The first-order chi connectivity index (χ1) is 7.27. The topological polar surface area (TPSA) is 27.7 Å². The molecule has 0 heterocycles. The van der Waals surface area contributed by atoms with Crippen LogP contribution in [0.25, 0.3) is 0 Å². The Hall–Kier alpha value is -0.470. The molecule has 3 nitrogen and oxygen atoms in total. The molecule has 0 amide bonds. The van der Waals surface area contributed by atoms with Crippen LogP contribution in [0.15, 0.2) is 0 Å². The van der Waals surface area contributed by atoms with Crippen LogP contribution in [-0.2, 0) is 14.2 Å². The Kier molecular flexibility index (Phi) is 6.13. The first kappa shape index (κ1) is 15.5. The van der Waals surface area contributed by atoms with E-state index in [4.69, 9.17) is 0 Å². The Labute approximate surface area is 89.5 Å². The molecule has 0 aromatic rings. The average Bonchev–Trinajstić information content (AvgIpc) is 2.14. The third-order valence-electron chi connectivity index (χ3n) is 1.42. The monoisotopic (exact) mass is 252 g/mol. The SMILES string of the molecule is CCOC(C)(OCCF)OC(F)(F)C(F)F. The van der Waals surface area contributed by atoms with Crippen LogP contribution in [0.4, 0.5) is 22.0 Å². The van der Waals surface area contributed by atoms with Gasteiger partial charge >= 0.3 is 12.5 Å². The maximum absolute atomic E-state index is 12.6. The summed E-state index contributed by atoms with van der Waals surface area (Å²) in [5, 5.41) is 0. The number of rotatable bonds is 8. The van der Waals surface area contributed by atoms with Crippen molar-refractivity contribution in [2.75, 3.05) is 19.9 Å². The van der Waals surface area contributed by atoms with E-state index in [2.05, 4.69) is 14.2 Å². The molecule has 0 spiro atoms. The van der Waals surface area contributed by atoms with Gasteiger partial charge in [-0.15, -0.1) is 0 Å². The van der Waals surface area contributed by atoms with E-state index in [1.165, 1.54) is 6.92 Å². The molecule has 0 aliphatic carbocycles. The Morgan fingerprint density at radius 2 is 1.75 bits per heavy atom. The van der Waals surface area contributed by atoms with Crippen LogP contribution in [0.1, 0.15) is 13.8 Å². The number of ether oxygens (including phenoxy) is 3. The van der Waals surface area contributed by atoms with Gasteiger partial charge in [-0.3, -0.25) is 4.74 Å². The quantitative estimate of drug-likeness (QED) is 0.491. The van der Waals surface area contributed by atoms with E-state index in [-0.39, 0.29) is 6.61 Å². The van der Waals surface area contributed by atoms with E-state index < -0.39 is 31.8 Å². The Balaban J connectivity index is 4.52. The van der Waals surface area contributed by atoms with Gasteiger partial charge in [-0.2, -0.15) is 8.78 Å². The minimum Gasteiger partial charge on any atom is -0.328 e. The molecular weight excluding hydrogens is 239 g/mol. The van der Waals surface area contributed by atoms with E-state index in [1.54, 1.807) is 0 Å². The summed E-state index contributed by atoms with van der Waals surface area (Å²) < 4.78 is 73.4. The molecule has 0 bridgehead atoms. The lowest BCUT2D eigenvalue weighted by atomic mass is 10.5. The van der Waals surface area contributed by atoms with E-state index in [1.807, 2.05) is 0 Å². The highest BCUT2D eigenvalue weighted by Gasteiger charge is 2.49. The van der Waals surface area contributed by atoms with Crippen molar-refractivity contribution in [1.82, 2.24) is 0 Å². The van der Waals surface area contributed by atoms with E-state index in [9.17, 15) is 22.0 Å². The number of hydrogen-bond donors (Lipinski definition) is 0. The summed E-state index contributed by atoms with van der Waals surface area (Å²) in [4.78, 5) is 0. The highest BCUT2D eigenvalue weighted by molar-refractivity contribution is 4.60. The molecule has 0 rings (SSSR count). The van der Waals surface area contributed by atoms with Gasteiger partial charge in [-0.25, -0.2) is 13.2 Å². The highest BCUT2D eigenvalue weighted by atomic mass is 19.3. The zero-order valence-corrected chi connectivity index (χ0v) is 8.81. The van der Waals surface area contributed by atoms with Crippen molar-refractivity contribution >= 4 is 0 Å². The average molecular weight is 252 g/mol. The number of hydrogen-bond acceptors (Lipinski definition) is 3. The molecule has 0 aliphatic heterocycles. The summed E-state index contributed by atoms with van der Waals surface area (Å²) in [5.74, 6) is -2.40. The van der Waals surface area contributed by atoms with Crippen LogP contribution in [0.5, 0.6) is 0 Å². The van der Waals surface area contributed by atoms with Crippen molar-refractivity contribution in [2.24, 2.45) is 0 Å². The van der Waals surface area contributed by atoms with Crippen LogP contribution in [0, 0.1) is 0 Å². The van der Waals surface area contributed by atoms with Crippen molar-refractivity contribution in [2.45, 2.75) is 32.4 Å². The first-order valence-corrected chi connectivity index (χ1v) is 4.47. The van der Waals surface area contributed by atoms with Crippen molar-refractivity contribution in [3.63, 3.8) is 0 Å². The maximum atomic E-state index is 12.6. The minimum absolute atomic E-state index is 0.123. The van der Waals surface area contributed by atoms with Crippen molar-refractivity contribution in [3.05, 3.63) is 0 Å². The zero-order valence-electron chi connectivity index (χ0n) is 8.81. The third kappa shape index (κ3) is 5.04. The zero-order chi connectivity index (χ0) is 12.8. The second-order valence-electron chi connectivity index (χ2n) is 2.80. The van der Waals surface area contributed by atoms with Crippen molar-refractivity contribution in [3.8, 4) is 0 Å². The molecule has 1 unspecified atom stereocenters. The van der Waals surface area contributed by atoms with Crippen LogP contribution in [0.2, 0.25) is 0 Å². The minimum atomic E-state index is -4.72. The Bertz CT molecular complexity index is 202. The normalized spacial score (nSPS) is 16.5. The lowest BCUT2D eigenvalue weighted by Crippen LogP contribution is -2.45. The fourth-order valence-corrected chi connectivity index (χ4v) is 0.878. The van der Waals surface area contributed by atoms with Gasteiger partial charge in [0.2, 0.25) is 0 Å². The molecule has 0 aromatic carbocycles. The summed E-state index contributed by atoms with van der Waals surface area (Å²) in [6.45, 7) is 0.577. The number of alkyl halides is 5. The summed E-state index contributed by atoms with van der Waals surface area (Å²) in [6, 6.07) is 0. The van der Waals surface area contributed by atoms with Gasteiger partial charge in [0.25, 0.3) is 5.97 Å². The second-order valence-corrected chi connectivity index (χ2v) is 2.80. The van der Waals surface area contributed by atoms with E-state index in [0.29, 0.717) is 0 Å². The molecule has 98 valence electrons.